The first kappa shape index (κ1) is 25.1. The number of ether oxygens (including phenoxy) is 3. The summed E-state index contributed by atoms with van der Waals surface area (Å²) in [5, 5.41) is 10.1. The molecule has 2 atom stereocenters. The van der Waals surface area contributed by atoms with Crippen molar-refractivity contribution in [1.82, 2.24) is 9.88 Å². The van der Waals surface area contributed by atoms with E-state index in [2.05, 4.69) is 11.1 Å². The molecule has 188 valence electrons. The predicted octanol–water partition coefficient (Wildman–Crippen LogP) is 4.93. The lowest BCUT2D eigenvalue weighted by Gasteiger charge is -2.24. The van der Waals surface area contributed by atoms with Crippen molar-refractivity contribution in [3.05, 3.63) is 65.4 Å². The van der Waals surface area contributed by atoms with Crippen molar-refractivity contribution in [3.8, 4) is 11.8 Å². The van der Waals surface area contributed by atoms with Crippen LogP contribution < -0.4 is 4.74 Å². The maximum absolute atomic E-state index is 12.6. The Morgan fingerprint density at radius 3 is 2.58 bits per heavy atom. The quantitative estimate of drug-likeness (QED) is 0.493. The van der Waals surface area contributed by atoms with Gasteiger partial charge in [0, 0.05) is 36.0 Å². The standard InChI is InChI=1S/C28H31N3O5/c1-28(2,3)36-27(33)31-12-11-23(17-31)35-22-8-6-19(7-9-22)24(26(32)34-4)15-21-14-20-13-18(16-29)5-10-25(20)30-21/h5-10,13-14,23-24,30H,11-12,15,17H2,1-4H3/t23-,24?/m0/s1. The molecule has 1 aromatic heterocycles. The molecule has 0 spiro atoms. The average Bonchev–Trinajstić information content (AvgIpc) is 3.47. The molecule has 1 aliphatic rings. The molecule has 1 unspecified atom stereocenters. The summed E-state index contributed by atoms with van der Waals surface area (Å²) >= 11 is 0. The summed E-state index contributed by atoms with van der Waals surface area (Å²) in [5.41, 5.74) is 2.66. The van der Waals surface area contributed by atoms with Crippen LogP contribution in [-0.2, 0) is 20.7 Å². The van der Waals surface area contributed by atoms with Crippen LogP contribution in [0.3, 0.4) is 0 Å². The molecule has 1 aliphatic heterocycles. The Hall–Kier alpha value is -3.99. The van der Waals surface area contributed by atoms with Crippen LogP contribution >= 0.6 is 0 Å². The van der Waals surface area contributed by atoms with E-state index in [1.165, 1.54) is 7.11 Å². The first-order valence-corrected chi connectivity index (χ1v) is 12.0. The molecule has 4 rings (SSSR count). The van der Waals surface area contributed by atoms with Crippen LogP contribution in [0.4, 0.5) is 4.79 Å². The molecule has 8 heteroatoms. The van der Waals surface area contributed by atoms with Crippen molar-refractivity contribution in [1.29, 1.82) is 5.26 Å². The second-order valence-corrected chi connectivity index (χ2v) is 10.0. The molecule has 0 bridgehead atoms. The fourth-order valence-corrected chi connectivity index (χ4v) is 4.36. The lowest BCUT2D eigenvalue weighted by molar-refractivity contribution is -0.142. The van der Waals surface area contributed by atoms with E-state index in [9.17, 15) is 9.59 Å². The van der Waals surface area contributed by atoms with Gasteiger partial charge in [0.2, 0.25) is 0 Å². The van der Waals surface area contributed by atoms with E-state index in [0.717, 1.165) is 28.6 Å². The zero-order chi connectivity index (χ0) is 25.9. The van der Waals surface area contributed by atoms with Gasteiger partial charge in [0.15, 0.2) is 0 Å². The van der Waals surface area contributed by atoms with Crippen molar-refractivity contribution in [2.24, 2.45) is 0 Å². The summed E-state index contributed by atoms with van der Waals surface area (Å²) < 4.78 is 16.6. The monoisotopic (exact) mass is 489 g/mol. The number of benzene rings is 2. The topological polar surface area (TPSA) is 105 Å². The minimum Gasteiger partial charge on any atom is -0.489 e. The van der Waals surface area contributed by atoms with Gasteiger partial charge in [0.25, 0.3) is 0 Å². The third kappa shape index (κ3) is 5.98. The summed E-state index contributed by atoms with van der Waals surface area (Å²) in [6.45, 7) is 6.60. The van der Waals surface area contributed by atoms with Crippen molar-refractivity contribution in [3.63, 3.8) is 0 Å². The van der Waals surface area contributed by atoms with Gasteiger partial charge in [-0.3, -0.25) is 4.79 Å². The van der Waals surface area contributed by atoms with E-state index in [1.54, 1.807) is 11.0 Å². The van der Waals surface area contributed by atoms with Gasteiger partial charge >= 0.3 is 12.1 Å². The average molecular weight is 490 g/mol. The SMILES string of the molecule is COC(=O)C(Cc1cc2cc(C#N)ccc2[nH]1)c1ccc(O[C@H]2CCN(C(=O)OC(C)(C)C)C2)cc1. The van der Waals surface area contributed by atoms with Crippen LogP contribution in [0.1, 0.15) is 49.9 Å². The molecular formula is C28H31N3O5. The van der Waals surface area contributed by atoms with Gasteiger partial charge in [-0.2, -0.15) is 5.26 Å². The first-order chi connectivity index (χ1) is 17.1. The molecule has 1 amide bonds. The number of nitrogens with one attached hydrogen (secondary N) is 1. The van der Waals surface area contributed by atoms with E-state index < -0.39 is 11.5 Å². The minimum atomic E-state index is -0.533. The number of methoxy groups -OCH3 is 1. The van der Waals surface area contributed by atoms with Gasteiger partial charge in [-0.1, -0.05) is 12.1 Å². The minimum absolute atomic E-state index is 0.121. The number of aromatic amines is 1. The number of H-pyrrole nitrogens is 1. The zero-order valence-corrected chi connectivity index (χ0v) is 21.0. The number of carbonyl (C=O) groups is 2. The largest absolute Gasteiger partial charge is 0.489 e. The second kappa shape index (κ2) is 10.3. The van der Waals surface area contributed by atoms with E-state index >= 15 is 0 Å². The third-order valence-corrected chi connectivity index (χ3v) is 6.10. The maximum atomic E-state index is 12.6. The van der Waals surface area contributed by atoms with Crippen LogP contribution in [0.25, 0.3) is 10.9 Å². The summed E-state index contributed by atoms with van der Waals surface area (Å²) in [7, 11) is 1.38. The number of amides is 1. The maximum Gasteiger partial charge on any atom is 0.410 e. The molecule has 2 aromatic carbocycles. The summed E-state index contributed by atoms with van der Waals surface area (Å²) in [5.74, 6) is -0.154. The van der Waals surface area contributed by atoms with Gasteiger partial charge in [-0.05, 0) is 62.7 Å². The van der Waals surface area contributed by atoms with E-state index in [1.807, 2.05) is 63.2 Å². The normalized spacial score (nSPS) is 16.4. The summed E-state index contributed by atoms with van der Waals surface area (Å²) in [6, 6.07) is 17.0. The molecule has 1 saturated heterocycles. The molecule has 1 fully saturated rings. The predicted molar refractivity (Wildman–Crippen MR) is 135 cm³/mol. The third-order valence-electron chi connectivity index (χ3n) is 6.10. The number of carbonyl (C=O) groups excluding carboxylic acids is 2. The van der Waals surface area contributed by atoms with Crippen LogP contribution in [0.15, 0.2) is 48.5 Å². The first-order valence-electron chi connectivity index (χ1n) is 12.0. The Morgan fingerprint density at radius 1 is 1.17 bits per heavy atom. The molecule has 8 nitrogen and oxygen atoms in total. The smallest absolute Gasteiger partial charge is 0.410 e. The lowest BCUT2D eigenvalue weighted by Crippen LogP contribution is -2.36. The van der Waals surface area contributed by atoms with E-state index in [0.29, 0.717) is 30.8 Å². The molecule has 3 aromatic rings. The molecule has 0 saturated carbocycles. The number of nitriles is 1. The highest BCUT2D eigenvalue weighted by Crippen LogP contribution is 2.28. The van der Waals surface area contributed by atoms with Crippen molar-refractivity contribution in [2.75, 3.05) is 20.2 Å². The number of esters is 1. The van der Waals surface area contributed by atoms with Gasteiger partial charge in [0.05, 0.1) is 31.2 Å². The van der Waals surface area contributed by atoms with Gasteiger partial charge in [0.1, 0.15) is 17.5 Å². The molecular weight excluding hydrogens is 458 g/mol. The number of fused-ring (bicyclic) bond motifs is 1. The molecule has 1 N–H and O–H groups in total. The van der Waals surface area contributed by atoms with Crippen molar-refractivity contribution >= 4 is 23.0 Å². The number of likely N-dealkylation sites (tertiary alicyclic amines) is 1. The number of hydrogen-bond donors (Lipinski definition) is 1. The van der Waals surface area contributed by atoms with E-state index in [4.69, 9.17) is 19.5 Å². The number of rotatable bonds is 6. The molecule has 2 heterocycles. The number of nitrogens with zero attached hydrogens (tertiary/aromatic N) is 2. The van der Waals surface area contributed by atoms with Crippen LogP contribution in [0.2, 0.25) is 0 Å². The zero-order valence-electron chi connectivity index (χ0n) is 21.0. The molecule has 0 radical (unpaired) electrons. The Bertz CT molecular complexity index is 1280. The van der Waals surface area contributed by atoms with Gasteiger partial charge in [-0.15, -0.1) is 0 Å². The highest BCUT2D eigenvalue weighted by molar-refractivity contribution is 5.83. The van der Waals surface area contributed by atoms with Crippen LogP contribution in [-0.4, -0.2) is 53.9 Å². The Labute approximate surface area is 210 Å². The van der Waals surface area contributed by atoms with Gasteiger partial charge < -0.3 is 24.1 Å². The second-order valence-electron chi connectivity index (χ2n) is 10.0. The van der Waals surface area contributed by atoms with Crippen molar-refractivity contribution in [2.45, 2.75) is 51.2 Å². The Kier molecular flexibility index (Phi) is 7.20. The van der Waals surface area contributed by atoms with E-state index in [-0.39, 0.29) is 18.2 Å². The lowest BCUT2D eigenvalue weighted by atomic mass is 9.94. The summed E-state index contributed by atoms with van der Waals surface area (Å²) in [6.07, 6.45) is 0.700. The molecule has 36 heavy (non-hydrogen) atoms. The van der Waals surface area contributed by atoms with Crippen LogP contribution in [0.5, 0.6) is 5.75 Å². The fourth-order valence-electron chi connectivity index (χ4n) is 4.36. The Morgan fingerprint density at radius 2 is 1.92 bits per heavy atom. The highest BCUT2D eigenvalue weighted by atomic mass is 16.6. The number of aromatic nitrogens is 1. The highest BCUT2D eigenvalue weighted by Gasteiger charge is 2.31. The van der Waals surface area contributed by atoms with Gasteiger partial charge in [-0.25, -0.2) is 4.79 Å². The van der Waals surface area contributed by atoms with Crippen LogP contribution in [0, 0.1) is 11.3 Å². The number of hydrogen-bond acceptors (Lipinski definition) is 6. The fraction of sp³-hybridized carbons (Fsp3) is 0.393. The van der Waals surface area contributed by atoms with Crippen molar-refractivity contribution < 1.29 is 23.8 Å². The Balaban J connectivity index is 1.42. The molecule has 0 aliphatic carbocycles. The summed E-state index contributed by atoms with van der Waals surface area (Å²) in [4.78, 5) is 29.9.